The lowest BCUT2D eigenvalue weighted by Crippen LogP contribution is -2.46. The van der Waals surface area contributed by atoms with E-state index in [1.807, 2.05) is 0 Å². The van der Waals surface area contributed by atoms with Gasteiger partial charge in [-0.3, -0.25) is 10.1 Å². The van der Waals surface area contributed by atoms with E-state index in [0.29, 0.717) is 17.9 Å². The molecule has 0 aromatic rings. The van der Waals surface area contributed by atoms with Crippen LogP contribution in [0.4, 0.5) is 0 Å². The summed E-state index contributed by atoms with van der Waals surface area (Å²) in [6, 6.07) is 0.413. The van der Waals surface area contributed by atoms with E-state index in [1.165, 1.54) is 0 Å². The molecule has 1 heterocycles. The minimum atomic E-state index is 0.0586. The van der Waals surface area contributed by atoms with Crippen molar-refractivity contribution in [2.45, 2.75) is 97.8 Å². The predicted octanol–water partition coefficient (Wildman–Crippen LogP) is 3.93. The first-order valence-electron chi connectivity index (χ1n) is 8.68. The van der Waals surface area contributed by atoms with E-state index in [4.69, 9.17) is 0 Å². The minimum absolute atomic E-state index is 0.0586. The normalized spacial score (nSPS) is 24.7. The molecule has 0 aromatic heterocycles. The highest BCUT2D eigenvalue weighted by molar-refractivity contribution is 5.84. The smallest absolute Gasteiger partial charge is 0.241 e. The van der Waals surface area contributed by atoms with Crippen molar-refractivity contribution >= 4 is 5.91 Å². The van der Waals surface area contributed by atoms with E-state index in [2.05, 4.69) is 44.8 Å². The Hall–Kier alpha value is -0.570. The van der Waals surface area contributed by atoms with Gasteiger partial charge >= 0.3 is 0 Å². The third-order valence-corrected chi connectivity index (χ3v) is 4.86. The topological polar surface area (TPSA) is 32.3 Å². The van der Waals surface area contributed by atoms with Gasteiger partial charge in [-0.05, 0) is 25.7 Å². The van der Waals surface area contributed by atoms with Crippen LogP contribution < -0.4 is 5.32 Å². The molecule has 1 N–H and O–H groups in total. The molecule has 1 amide bonds. The lowest BCUT2D eigenvalue weighted by Gasteiger charge is -2.35. The Morgan fingerprint density at radius 1 is 1.10 bits per heavy atom. The van der Waals surface area contributed by atoms with Crippen LogP contribution in [-0.4, -0.2) is 29.1 Å². The average molecular weight is 282 g/mol. The summed E-state index contributed by atoms with van der Waals surface area (Å²) in [7, 11) is 0. The highest BCUT2D eigenvalue weighted by Crippen LogP contribution is 2.27. The van der Waals surface area contributed by atoms with Crippen molar-refractivity contribution in [1.29, 1.82) is 0 Å². The second-order valence-electron chi connectivity index (χ2n) is 6.23. The summed E-state index contributed by atoms with van der Waals surface area (Å²) in [5.74, 6) is 0.960. The molecule has 3 unspecified atom stereocenters. The highest BCUT2D eigenvalue weighted by atomic mass is 16.2. The third kappa shape index (κ3) is 3.97. The van der Waals surface area contributed by atoms with Gasteiger partial charge in [-0.1, -0.05) is 59.8 Å². The molecular weight excluding hydrogens is 248 g/mol. The van der Waals surface area contributed by atoms with Gasteiger partial charge in [0, 0.05) is 6.04 Å². The number of nitrogens with zero attached hydrogens (tertiary/aromatic N) is 1. The molecular formula is C17H34N2O. The van der Waals surface area contributed by atoms with Crippen LogP contribution in [0.3, 0.4) is 0 Å². The average Bonchev–Trinajstić information content (AvgIpc) is 2.74. The summed E-state index contributed by atoms with van der Waals surface area (Å²) in [4.78, 5) is 14.9. The number of carbonyl (C=O) groups excluding carboxylic acids is 1. The van der Waals surface area contributed by atoms with E-state index in [9.17, 15) is 4.79 Å². The Morgan fingerprint density at radius 3 is 2.25 bits per heavy atom. The van der Waals surface area contributed by atoms with E-state index in [0.717, 1.165) is 44.9 Å². The van der Waals surface area contributed by atoms with Crippen LogP contribution in [0.2, 0.25) is 0 Å². The maximum absolute atomic E-state index is 12.7. The first-order chi connectivity index (χ1) is 9.60. The molecule has 3 nitrogen and oxygen atoms in total. The molecule has 0 bridgehead atoms. The van der Waals surface area contributed by atoms with Crippen LogP contribution in [0.25, 0.3) is 0 Å². The minimum Gasteiger partial charge on any atom is -0.323 e. The molecule has 1 saturated heterocycles. The lowest BCUT2D eigenvalue weighted by molar-refractivity contribution is -0.133. The van der Waals surface area contributed by atoms with Crippen LogP contribution in [0.1, 0.15) is 79.6 Å². The number of amides is 1. The molecule has 1 aliphatic rings. The summed E-state index contributed by atoms with van der Waals surface area (Å²) < 4.78 is 0. The SMILES string of the molecule is CCCCC1NC(CCC)N(C(C)C(CC)CC)C1=O. The van der Waals surface area contributed by atoms with Crippen molar-refractivity contribution in [3.63, 3.8) is 0 Å². The van der Waals surface area contributed by atoms with Gasteiger partial charge in [0.2, 0.25) is 5.91 Å². The van der Waals surface area contributed by atoms with Gasteiger partial charge in [0.25, 0.3) is 0 Å². The van der Waals surface area contributed by atoms with Crippen LogP contribution in [-0.2, 0) is 4.79 Å². The summed E-state index contributed by atoms with van der Waals surface area (Å²) in [6.07, 6.45) is 8.03. The predicted molar refractivity (Wildman–Crippen MR) is 85.5 cm³/mol. The van der Waals surface area contributed by atoms with Gasteiger partial charge < -0.3 is 4.90 Å². The number of nitrogens with one attached hydrogen (secondary N) is 1. The molecule has 3 atom stereocenters. The van der Waals surface area contributed by atoms with Gasteiger partial charge in [-0.2, -0.15) is 0 Å². The summed E-state index contributed by atoms with van der Waals surface area (Å²) in [5.41, 5.74) is 0. The Morgan fingerprint density at radius 2 is 1.75 bits per heavy atom. The van der Waals surface area contributed by atoms with Gasteiger partial charge in [0.05, 0.1) is 12.2 Å². The first kappa shape index (κ1) is 17.5. The molecule has 20 heavy (non-hydrogen) atoms. The maximum atomic E-state index is 12.7. The number of unbranched alkanes of at least 4 members (excludes halogenated alkanes) is 1. The van der Waals surface area contributed by atoms with Gasteiger partial charge in [-0.15, -0.1) is 0 Å². The van der Waals surface area contributed by atoms with Gasteiger partial charge in [-0.25, -0.2) is 0 Å². The molecule has 1 aliphatic heterocycles. The molecule has 3 heteroatoms. The Labute approximate surface area is 125 Å². The molecule has 0 radical (unpaired) electrons. The Balaban J connectivity index is 2.80. The van der Waals surface area contributed by atoms with Crippen LogP contribution in [0.15, 0.2) is 0 Å². The molecule has 0 aromatic carbocycles. The zero-order valence-electron chi connectivity index (χ0n) is 14.1. The number of hydrogen-bond acceptors (Lipinski definition) is 2. The number of carbonyl (C=O) groups is 1. The van der Waals surface area contributed by atoms with E-state index in [1.54, 1.807) is 0 Å². The molecule has 0 spiro atoms. The Bertz CT molecular complexity index is 289. The summed E-state index contributed by atoms with van der Waals surface area (Å²) in [5, 5.41) is 3.59. The summed E-state index contributed by atoms with van der Waals surface area (Å²) >= 11 is 0. The van der Waals surface area contributed by atoms with Gasteiger partial charge in [0.15, 0.2) is 0 Å². The zero-order valence-corrected chi connectivity index (χ0v) is 14.1. The van der Waals surface area contributed by atoms with E-state index >= 15 is 0 Å². The van der Waals surface area contributed by atoms with Crippen molar-refractivity contribution in [3.05, 3.63) is 0 Å². The van der Waals surface area contributed by atoms with Crippen molar-refractivity contribution in [1.82, 2.24) is 10.2 Å². The maximum Gasteiger partial charge on any atom is 0.241 e. The summed E-state index contributed by atoms with van der Waals surface area (Å²) in [6.45, 7) is 11.1. The van der Waals surface area contributed by atoms with Crippen molar-refractivity contribution in [2.24, 2.45) is 5.92 Å². The third-order valence-electron chi connectivity index (χ3n) is 4.86. The van der Waals surface area contributed by atoms with Crippen molar-refractivity contribution in [2.75, 3.05) is 0 Å². The fourth-order valence-electron chi connectivity index (χ4n) is 3.51. The van der Waals surface area contributed by atoms with E-state index < -0.39 is 0 Å². The van der Waals surface area contributed by atoms with Crippen molar-refractivity contribution in [3.8, 4) is 0 Å². The standard InChI is InChI=1S/C17H34N2O/c1-6-10-12-15-17(20)19(16(18-15)11-7-2)13(5)14(8-3)9-4/h13-16,18H,6-12H2,1-5H3. The molecule has 1 rings (SSSR count). The Kier molecular flexibility index (Phi) is 7.57. The molecule has 0 aliphatic carbocycles. The molecule has 1 fully saturated rings. The van der Waals surface area contributed by atoms with Crippen LogP contribution in [0, 0.1) is 5.92 Å². The second-order valence-corrected chi connectivity index (χ2v) is 6.23. The fraction of sp³-hybridized carbons (Fsp3) is 0.941. The zero-order chi connectivity index (χ0) is 15.1. The van der Waals surface area contributed by atoms with Crippen molar-refractivity contribution < 1.29 is 4.79 Å². The van der Waals surface area contributed by atoms with E-state index in [-0.39, 0.29) is 12.2 Å². The lowest BCUT2D eigenvalue weighted by atomic mass is 9.93. The number of hydrogen-bond donors (Lipinski definition) is 1. The number of rotatable bonds is 9. The van der Waals surface area contributed by atoms with Crippen LogP contribution in [0.5, 0.6) is 0 Å². The fourth-order valence-corrected chi connectivity index (χ4v) is 3.51. The quantitative estimate of drug-likeness (QED) is 0.695. The first-order valence-corrected chi connectivity index (χ1v) is 8.68. The second kappa shape index (κ2) is 8.66. The molecule has 118 valence electrons. The molecule has 0 saturated carbocycles. The van der Waals surface area contributed by atoms with Gasteiger partial charge in [0.1, 0.15) is 0 Å². The highest BCUT2D eigenvalue weighted by Gasteiger charge is 2.41. The largest absolute Gasteiger partial charge is 0.323 e. The van der Waals surface area contributed by atoms with Crippen LogP contribution >= 0.6 is 0 Å². The monoisotopic (exact) mass is 282 g/mol.